The van der Waals surface area contributed by atoms with Crippen LogP contribution in [0.2, 0.25) is 0 Å². The molecule has 0 saturated heterocycles. The first-order chi connectivity index (χ1) is 20.6. The van der Waals surface area contributed by atoms with E-state index in [4.69, 9.17) is 12.2 Å². The molecule has 1 aliphatic carbocycles. The summed E-state index contributed by atoms with van der Waals surface area (Å²) in [4.78, 5) is 31.0. The fourth-order valence-corrected chi connectivity index (χ4v) is 5.10. The molecule has 4 rings (SSSR count). The molecule has 1 unspecified atom stereocenters. The van der Waals surface area contributed by atoms with Gasteiger partial charge in [-0.15, -0.1) is 6.42 Å². The molecular formula is C34H39FN6O3. The van der Waals surface area contributed by atoms with Crippen LogP contribution in [0.1, 0.15) is 76.4 Å². The summed E-state index contributed by atoms with van der Waals surface area (Å²) in [6.07, 6.45) is 12.3. The second-order valence-electron chi connectivity index (χ2n) is 12.6. The zero-order chi connectivity index (χ0) is 32.6. The monoisotopic (exact) mass is 598 g/mol. The number of rotatable bonds is 7. The number of hydrogen-bond donors (Lipinski definition) is 3. The van der Waals surface area contributed by atoms with E-state index in [1.54, 1.807) is 38.5 Å². The van der Waals surface area contributed by atoms with Gasteiger partial charge in [0.1, 0.15) is 17.7 Å². The van der Waals surface area contributed by atoms with Gasteiger partial charge in [0.2, 0.25) is 0 Å². The average Bonchev–Trinajstić information content (AvgIpc) is 2.94. The molecule has 4 N–H and O–H groups in total. The standard InChI is InChI=1S/C34H39FN6O3/c1-9-10-25(22-14-28(31(43)40(8)18-22)39-29-12-11-23(17-37-29)34(6,7)36)26(19-42)20(2)41-32(44)30-21(16-38-41)13-24(15-27(30)35)33(3,4)5/h1,10-14,16-18,27,42H,15,19,36H2,2-8H3,(H,37,39)/b25-10-,26-20+. The van der Waals surface area contributed by atoms with Crippen LogP contribution < -0.4 is 22.2 Å². The molecule has 0 amide bonds. The van der Waals surface area contributed by atoms with Crippen LogP contribution in [0.25, 0.3) is 17.3 Å². The third-order valence-electron chi connectivity index (χ3n) is 7.78. The molecule has 0 bridgehead atoms. The molecular weight excluding hydrogens is 559 g/mol. The Morgan fingerprint density at radius 3 is 2.50 bits per heavy atom. The number of aliphatic hydroxyl groups excluding tert-OH is 1. The number of pyridine rings is 2. The maximum atomic E-state index is 15.4. The highest BCUT2D eigenvalue weighted by Gasteiger charge is 2.31. The highest BCUT2D eigenvalue weighted by Crippen LogP contribution is 2.40. The van der Waals surface area contributed by atoms with Crippen molar-refractivity contribution < 1.29 is 9.50 Å². The second-order valence-corrected chi connectivity index (χ2v) is 12.6. The van der Waals surface area contributed by atoms with Crippen LogP contribution in [0.4, 0.5) is 15.9 Å². The van der Waals surface area contributed by atoms with Crippen LogP contribution in [0.15, 0.2) is 63.6 Å². The fourth-order valence-electron chi connectivity index (χ4n) is 5.10. The van der Waals surface area contributed by atoms with E-state index in [0.717, 1.165) is 15.8 Å². The zero-order valence-electron chi connectivity index (χ0n) is 26.2. The normalized spacial score (nSPS) is 16.1. The Hall–Kier alpha value is -4.59. The second kappa shape index (κ2) is 12.2. The van der Waals surface area contributed by atoms with Crippen LogP contribution in [-0.4, -0.2) is 31.0 Å². The minimum Gasteiger partial charge on any atom is -0.392 e. The number of allylic oxidation sites excluding steroid dienone is 3. The molecule has 1 aliphatic rings. The lowest BCUT2D eigenvalue weighted by Crippen LogP contribution is -2.30. The van der Waals surface area contributed by atoms with Crippen molar-refractivity contribution >= 4 is 28.9 Å². The van der Waals surface area contributed by atoms with Gasteiger partial charge < -0.3 is 20.7 Å². The maximum absolute atomic E-state index is 15.4. The molecule has 0 radical (unpaired) electrons. The summed E-state index contributed by atoms with van der Waals surface area (Å²) >= 11 is 0. The van der Waals surface area contributed by atoms with Crippen molar-refractivity contribution in [1.29, 1.82) is 0 Å². The fraction of sp³-hybridized carbons (Fsp3) is 0.353. The number of alkyl halides is 1. The predicted molar refractivity (Wildman–Crippen MR) is 174 cm³/mol. The molecule has 3 aromatic heterocycles. The highest BCUT2D eigenvalue weighted by atomic mass is 19.1. The van der Waals surface area contributed by atoms with Crippen LogP contribution in [0.3, 0.4) is 0 Å². The molecule has 9 nitrogen and oxygen atoms in total. The van der Waals surface area contributed by atoms with E-state index in [2.05, 4.69) is 21.3 Å². The summed E-state index contributed by atoms with van der Waals surface area (Å²) < 4.78 is 17.9. The number of nitrogens with zero attached hydrogens (tertiary/aromatic N) is 4. The van der Waals surface area contributed by atoms with Crippen molar-refractivity contribution in [2.24, 2.45) is 18.2 Å². The molecule has 1 atom stereocenters. The molecule has 44 heavy (non-hydrogen) atoms. The van der Waals surface area contributed by atoms with Crippen LogP contribution in [0.5, 0.6) is 0 Å². The number of nitrogens with two attached hydrogens (primary N) is 1. The minimum atomic E-state index is -1.49. The van der Waals surface area contributed by atoms with Gasteiger partial charge in [-0.1, -0.05) is 44.4 Å². The molecule has 0 saturated carbocycles. The number of anilines is 2. The van der Waals surface area contributed by atoms with Gasteiger partial charge in [0.05, 0.1) is 18.4 Å². The zero-order valence-corrected chi connectivity index (χ0v) is 26.2. The molecule has 3 aromatic rings. The first kappa shape index (κ1) is 32.3. The summed E-state index contributed by atoms with van der Waals surface area (Å²) in [5, 5.41) is 17.9. The van der Waals surface area contributed by atoms with Gasteiger partial charge in [0, 0.05) is 53.8 Å². The van der Waals surface area contributed by atoms with E-state index in [0.29, 0.717) is 22.5 Å². The lowest BCUT2D eigenvalue weighted by atomic mass is 9.78. The first-order valence-corrected chi connectivity index (χ1v) is 14.2. The van der Waals surface area contributed by atoms with Crippen molar-refractivity contribution in [3.05, 3.63) is 97.0 Å². The number of aliphatic hydroxyl groups is 1. The first-order valence-electron chi connectivity index (χ1n) is 14.2. The average molecular weight is 599 g/mol. The van der Waals surface area contributed by atoms with Gasteiger partial charge in [-0.2, -0.15) is 5.10 Å². The predicted octanol–water partition coefficient (Wildman–Crippen LogP) is 5.06. The Balaban J connectivity index is 1.81. The maximum Gasteiger partial charge on any atom is 0.277 e. The van der Waals surface area contributed by atoms with Gasteiger partial charge in [0.15, 0.2) is 0 Å². The summed E-state index contributed by atoms with van der Waals surface area (Å²) in [5.74, 6) is 2.92. The molecule has 0 aliphatic heterocycles. The summed E-state index contributed by atoms with van der Waals surface area (Å²) in [6, 6.07) is 5.15. The van der Waals surface area contributed by atoms with E-state index in [9.17, 15) is 14.7 Å². The molecule has 3 heterocycles. The van der Waals surface area contributed by atoms with Gasteiger partial charge in [0.25, 0.3) is 11.1 Å². The number of hydrogen-bond acceptors (Lipinski definition) is 7. The topological polar surface area (TPSA) is 128 Å². The number of halogens is 1. The minimum absolute atomic E-state index is 0.0252. The number of fused-ring (bicyclic) bond motifs is 1. The van der Waals surface area contributed by atoms with E-state index in [1.807, 2.05) is 46.8 Å². The van der Waals surface area contributed by atoms with Crippen molar-refractivity contribution in [1.82, 2.24) is 19.3 Å². The summed E-state index contributed by atoms with van der Waals surface area (Å²) in [7, 11) is 1.59. The van der Waals surface area contributed by atoms with E-state index in [1.165, 1.54) is 16.8 Å². The Morgan fingerprint density at radius 2 is 1.93 bits per heavy atom. The lowest BCUT2D eigenvalue weighted by molar-refractivity contribution is 0.312. The molecule has 230 valence electrons. The number of aromatic nitrogens is 4. The van der Waals surface area contributed by atoms with Gasteiger partial charge in [-0.25, -0.2) is 14.1 Å². The van der Waals surface area contributed by atoms with Crippen LogP contribution >= 0.6 is 0 Å². The van der Waals surface area contributed by atoms with Crippen molar-refractivity contribution in [3.63, 3.8) is 0 Å². The molecule has 0 aromatic carbocycles. The largest absolute Gasteiger partial charge is 0.392 e. The van der Waals surface area contributed by atoms with Crippen molar-refractivity contribution in [2.45, 2.75) is 59.7 Å². The summed E-state index contributed by atoms with van der Waals surface area (Å²) in [6.45, 7) is 10.8. The molecule has 10 heteroatoms. The van der Waals surface area contributed by atoms with Gasteiger partial charge in [-0.3, -0.25) is 9.59 Å². The third kappa shape index (κ3) is 6.49. The third-order valence-corrected chi connectivity index (χ3v) is 7.78. The number of aryl methyl sites for hydroxylation is 1. The number of terminal acetylenes is 1. The Morgan fingerprint density at radius 1 is 1.23 bits per heavy atom. The highest BCUT2D eigenvalue weighted by molar-refractivity contribution is 5.87. The lowest BCUT2D eigenvalue weighted by Gasteiger charge is -2.29. The van der Waals surface area contributed by atoms with E-state index >= 15 is 4.39 Å². The van der Waals surface area contributed by atoms with Gasteiger partial charge >= 0.3 is 0 Å². The van der Waals surface area contributed by atoms with Crippen molar-refractivity contribution in [2.75, 3.05) is 11.9 Å². The molecule has 0 spiro atoms. The SMILES string of the molecule is C#C/C=C(\C(CO)=C(/C)n1ncc2c(c1=O)C(F)CC(C(C)(C)C)=C2)c1cc(Nc2ccc(C(C)(C)N)cn2)c(=O)n(C)c1. The number of nitrogens with one attached hydrogen (secondary N) is 1. The Kier molecular flexibility index (Phi) is 8.95. The van der Waals surface area contributed by atoms with E-state index < -0.39 is 23.9 Å². The Bertz CT molecular complexity index is 1840. The molecule has 0 fully saturated rings. The Labute approximate surface area is 256 Å². The quantitative estimate of drug-likeness (QED) is 0.256. The van der Waals surface area contributed by atoms with Crippen molar-refractivity contribution in [3.8, 4) is 12.3 Å². The van der Waals surface area contributed by atoms with E-state index in [-0.39, 0.29) is 39.9 Å². The smallest absolute Gasteiger partial charge is 0.277 e. The van der Waals surface area contributed by atoms with Crippen LogP contribution in [-0.2, 0) is 12.6 Å². The van der Waals surface area contributed by atoms with Gasteiger partial charge in [-0.05, 0) is 55.5 Å². The summed E-state index contributed by atoms with van der Waals surface area (Å²) in [5.41, 5.74) is 8.22. The van der Waals surface area contributed by atoms with Crippen LogP contribution in [0, 0.1) is 17.8 Å².